The smallest absolute Gasteiger partial charge is 0.140 e. The highest BCUT2D eigenvalue weighted by molar-refractivity contribution is 5.59. The fourth-order valence-corrected chi connectivity index (χ4v) is 2.59. The van der Waals surface area contributed by atoms with Crippen molar-refractivity contribution in [2.45, 2.75) is 6.54 Å². The van der Waals surface area contributed by atoms with Crippen LogP contribution in [0.5, 0.6) is 0 Å². The van der Waals surface area contributed by atoms with Gasteiger partial charge in [0.1, 0.15) is 5.82 Å². The van der Waals surface area contributed by atoms with Gasteiger partial charge >= 0.3 is 0 Å². The lowest BCUT2D eigenvalue weighted by Gasteiger charge is -2.09. The van der Waals surface area contributed by atoms with Crippen LogP contribution in [0.1, 0.15) is 5.56 Å². The zero-order valence-corrected chi connectivity index (χ0v) is 12.4. The Kier molecular flexibility index (Phi) is 3.44. The quantitative estimate of drug-likeness (QED) is 0.581. The van der Waals surface area contributed by atoms with Gasteiger partial charge in [-0.2, -0.15) is 5.10 Å². The molecule has 0 fully saturated rings. The number of benzene rings is 1. The van der Waals surface area contributed by atoms with Gasteiger partial charge in [0, 0.05) is 42.7 Å². The molecule has 4 aromatic rings. The second kappa shape index (κ2) is 5.88. The molecule has 0 atom stereocenters. The Balaban J connectivity index is 1.69. The highest BCUT2D eigenvalue weighted by atomic mass is 15.3. The van der Waals surface area contributed by atoms with E-state index in [0.29, 0.717) is 0 Å². The monoisotopic (exact) mass is 301 g/mol. The largest absolute Gasteiger partial charge is 0.327 e. The van der Waals surface area contributed by atoms with E-state index in [2.05, 4.69) is 37.8 Å². The van der Waals surface area contributed by atoms with Gasteiger partial charge in [0.2, 0.25) is 0 Å². The average Bonchev–Trinajstić information content (AvgIpc) is 3.28. The van der Waals surface area contributed by atoms with Gasteiger partial charge in [-0.1, -0.05) is 18.2 Å². The van der Waals surface area contributed by atoms with Crippen LogP contribution in [0.2, 0.25) is 0 Å². The van der Waals surface area contributed by atoms with Gasteiger partial charge in [-0.15, -0.1) is 0 Å². The molecule has 4 rings (SSSR count). The van der Waals surface area contributed by atoms with Crippen LogP contribution in [-0.4, -0.2) is 24.3 Å². The van der Waals surface area contributed by atoms with Crippen LogP contribution in [0.25, 0.3) is 17.1 Å². The Morgan fingerprint density at radius 1 is 0.913 bits per heavy atom. The molecule has 0 radical (unpaired) electrons. The fraction of sp³-hybridized carbons (Fsp3) is 0.0556. The third kappa shape index (κ3) is 2.76. The van der Waals surface area contributed by atoms with E-state index in [1.807, 2.05) is 53.7 Å². The van der Waals surface area contributed by atoms with Crippen LogP contribution < -0.4 is 0 Å². The van der Waals surface area contributed by atoms with Crippen LogP contribution in [0, 0.1) is 0 Å². The third-order valence-corrected chi connectivity index (χ3v) is 3.66. The lowest BCUT2D eigenvalue weighted by Crippen LogP contribution is -2.02. The second-order valence-corrected chi connectivity index (χ2v) is 5.24. The summed E-state index contributed by atoms with van der Waals surface area (Å²) in [5.74, 6) is 0.933. The highest BCUT2D eigenvalue weighted by Crippen LogP contribution is 2.21. The Bertz CT molecular complexity index is 894. The van der Waals surface area contributed by atoms with Crippen molar-refractivity contribution in [1.29, 1.82) is 0 Å². The van der Waals surface area contributed by atoms with Crippen molar-refractivity contribution in [3.63, 3.8) is 0 Å². The Morgan fingerprint density at radius 3 is 2.74 bits per heavy atom. The van der Waals surface area contributed by atoms with Crippen molar-refractivity contribution < 1.29 is 0 Å². The Labute approximate surface area is 133 Å². The lowest BCUT2D eigenvalue weighted by atomic mass is 10.2. The number of rotatable bonds is 4. The summed E-state index contributed by atoms with van der Waals surface area (Å²) in [6, 6.07) is 14.1. The number of nitrogens with zero attached hydrogens (tertiary/aromatic N) is 5. The van der Waals surface area contributed by atoms with Crippen molar-refractivity contribution in [2.24, 2.45) is 0 Å². The first-order valence-corrected chi connectivity index (χ1v) is 7.41. The molecule has 0 spiro atoms. The number of pyridine rings is 1. The van der Waals surface area contributed by atoms with E-state index in [9.17, 15) is 0 Å². The molecule has 0 saturated heterocycles. The molecular formula is C18H15N5. The van der Waals surface area contributed by atoms with Gasteiger partial charge in [0.15, 0.2) is 0 Å². The number of aromatic nitrogens is 5. The number of hydrogen-bond donors (Lipinski definition) is 0. The fourth-order valence-electron chi connectivity index (χ4n) is 2.59. The first kappa shape index (κ1) is 13.5. The van der Waals surface area contributed by atoms with Gasteiger partial charge in [-0.3, -0.25) is 4.98 Å². The lowest BCUT2D eigenvalue weighted by molar-refractivity contribution is 0.802. The zero-order valence-electron chi connectivity index (χ0n) is 12.4. The minimum Gasteiger partial charge on any atom is -0.327 e. The molecule has 0 aliphatic heterocycles. The summed E-state index contributed by atoms with van der Waals surface area (Å²) in [4.78, 5) is 8.69. The summed E-state index contributed by atoms with van der Waals surface area (Å²) in [6.45, 7) is 0.745. The molecule has 1 aromatic carbocycles. The molecule has 3 aromatic heterocycles. The molecule has 23 heavy (non-hydrogen) atoms. The molecule has 112 valence electrons. The van der Waals surface area contributed by atoms with Crippen LogP contribution >= 0.6 is 0 Å². The molecular weight excluding hydrogens is 286 g/mol. The normalized spacial score (nSPS) is 10.8. The minimum atomic E-state index is 0.745. The molecule has 0 unspecified atom stereocenters. The van der Waals surface area contributed by atoms with Gasteiger partial charge in [0.05, 0.1) is 12.2 Å². The van der Waals surface area contributed by atoms with Crippen LogP contribution in [0.3, 0.4) is 0 Å². The van der Waals surface area contributed by atoms with Crippen molar-refractivity contribution in [3.05, 3.63) is 85.2 Å². The summed E-state index contributed by atoms with van der Waals surface area (Å²) in [7, 11) is 0. The molecule has 3 heterocycles. The summed E-state index contributed by atoms with van der Waals surface area (Å²) in [5, 5.41) is 4.28. The first-order valence-electron chi connectivity index (χ1n) is 7.41. The molecule has 0 amide bonds. The number of hydrogen-bond acceptors (Lipinski definition) is 3. The maximum absolute atomic E-state index is 4.52. The van der Waals surface area contributed by atoms with Gasteiger partial charge in [-0.25, -0.2) is 9.67 Å². The predicted octanol–water partition coefficient (Wildman–Crippen LogP) is 3.18. The maximum Gasteiger partial charge on any atom is 0.140 e. The summed E-state index contributed by atoms with van der Waals surface area (Å²) in [6.07, 6.45) is 11.2. The molecule has 0 aliphatic carbocycles. The molecule has 0 aliphatic rings. The van der Waals surface area contributed by atoms with Crippen LogP contribution in [0.4, 0.5) is 0 Å². The standard InChI is InChI=1S/C18H15N5/c1-5-16(12-17(6-1)23-10-3-8-21-23)18-20-9-11-22(18)14-15-4-2-7-19-13-15/h1-13H,14H2. The molecule has 5 heteroatoms. The Hall–Kier alpha value is -3.21. The van der Waals surface area contributed by atoms with Crippen molar-refractivity contribution in [1.82, 2.24) is 24.3 Å². The first-order chi connectivity index (χ1) is 11.4. The van der Waals surface area contributed by atoms with E-state index >= 15 is 0 Å². The second-order valence-electron chi connectivity index (χ2n) is 5.24. The SMILES string of the molecule is c1cncc(Cn2ccnc2-c2cccc(-n3cccn3)c2)c1. The van der Waals surface area contributed by atoms with Crippen LogP contribution in [-0.2, 0) is 6.54 Å². The van der Waals surface area contributed by atoms with Crippen LogP contribution in [0.15, 0.2) is 79.6 Å². The number of imidazole rings is 1. The zero-order chi connectivity index (χ0) is 15.5. The van der Waals surface area contributed by atoms with Crippen molar-refractivity contribution in [3.8, 4) is 17.1 Å². The van der Waals surface area contributed by atoms with Gasteiger partial charge < -0.3 is 4.57 Å². The summed E-state index contributed by atoms with van der Waals surface area (Å²) < 4.78 is 3.97. The van der Waals surface area contributed by atoms with E-state index in [0.717, 1.165) is 29.2 Å². The highest BCUT2D eigenvalue weighted by Gasteiger charge is 2.08. The minimum absolute atomic E-state index is 0.745. The molecule has 5 nitrogen and oxygen atoms in total. The molecule has 0 bridgehead atoms. The summed E-state index contributed by atoms with van der Waals surface area (Å²) >= 11 is 0. The van der Waals surface area contributed by atoms with E-state index in [1.54, 1.807) is 12.4 Å². The average molecular weight is 301 g/mol. The van der Waals surface area contributed by atoms with E-state index in [1.165, 1.54) is 0 Å². The predicted molar refractivity (Wildman–Crippen MR) is 88.1 cm³/mol. The van der Waals surface area contributed by atoms with Gasteiger partial charge in [0.25, 0.3) is 0 Å². The summed E-state index contributed by atoms with van der Waals surface area (Å²) in [5.41, 5.74) is 3.23. The van der Waals surface area contributed by atoms with E-state index in [4.69, 9.17) is 0 Å². The maximum atomic E-state index is 4.52. The van der Waals surface area contributed by atoms with Crippen molar-refractivity contribution in [2.75, 3.05) is 0 Å². The van der Waals surface area contributed by atoms with E-state index in [-0.39, 0.29) is 0 Å². The molecule has 0 saturated carbocycles. The van der Waals surface area contributed by atoms with Crippen molar-refractivity contribution >= 4 is 0 Å². The third-order valence-electron chi connectivity index (χ3n) is 3.66. The molecule has 0 N–H and O–H groups in total. The van der Waals surface area contributed by atoms with E-state index < -0.39 is 0 Å². The Morgan fingerprint density at radius 2 is 1.91 bits per heavy atom. The topological polar surface area (TPSA) is 48.5 Å². The van der Waals surface area contributed by atoms with Gasteiger partial charge in [-0.05, 0) is 29.8 Å².